The molecular formula is C21H20ClN3O3. The Hall–Kier alpha value is -3.25. The molecule has 0 spiro atoms. The Balaban J connectivity index is 1.80. The lowest BCUT2D eigenvalue weighted by Gasteiger charge is -2.13. The van der Waals surface area contributed by atoms with Gasteiger partial charge >= 0.3 is 0 Å². The van der Waals surface area contributed by atoms with Crippen molar-refractivity contribution < 1.29 is 14.3 Å². The van der Waals surface area contributed by atoms with Crippen molar-refractivity contribution in [1.82, 2.24) is 4.98 Å². The van der Waals surface area contributed by atoms with E-state index >= 15 is 0 Å². The average Bonchev–Trinajstić information content (AvgIpc) is 2.72. The largest absolute Gasteiger partial charge is 0.497 e. The van der Waals surface area contributed by atoms with E-state index in [1.807, 2.05) is 19.1 Å². The Morgan fingerprint density at radius 3 is 2.61 bits per heavy atom. The van der Waals surface area contributed by atoms with Crippen LogP contribution in [0.5, 0.6) is 11.5 Å². The van der Waals surface area contributed by atoms with E-state index in [2.05, 4.69) is 15.6 Å². The monoisotopic (exact) mass is 397 g/mol. The Morgan fingerprint density at radius 2 is 1.86 bits per heavy atom. The molecule has 1 heterocycles. The number of halogens is 1. The number of hydrogen-bond acceptors (Lipinski definition) is 5. The van der Waals surface area contributed by atoms with E-state index < -0.39 is 0 Å². The number of methoxy groups -OCH3 is 2. The Bertz CT molecular complexity index is 1010. The first kappa shape index (κ1) is 19.5. The third kappa shape index (κ3) is 4.35. The van der Waals surface area contributed by atoms with Gasteiger partial charge < -0.3 is 20.1 Å². The van der Waals surface area contributed by atoms with Gasteiger partial charge in [-0.25, -0.2) is 0 Å². The molecule has 0 saturated heterocycles. The number of amides is 1. The highest BCUT2D eigenvalue weighted by Gasteiger charge is 2.12. The minimum atomic E-state index is -0.323. The van der Waals surface area contributed by atoms with Crippen molar-refractivity contribution >= 4 is 34.6 Å². The van der Waals surface area contributed by atoms with E-state index in [0.29, 0.717) is 27.9 Å². The van der Waals surface area contributed by atoms with Crippen molar-refractivity contribution in [3.05, 3.63) is 71.0 Å². The van der Waals surface area contributed by atoms with E-state index in [9.17, 15) is 4.79 Å². The number of nitrogens with zero attached hydrogens (tertiary/aromatic N) is 1. The number of aromatic nitrogens is 1. The van der Waals surface area contributed by atoms with Crippen molar-refractivity contribution in [1.29, 1.82) is 0 Å². The van der Waals surface area contributed by atoms with Crippen LogP contribution in [0.4, 0.5) is 17.1 Å². The van der Waals surface area contributed by atoms with Crippen LogP contribution in [0.25, 0.3) is 0 Å². The summed E-state index contributed by atoms with van der Waals surface area (Å²) in [6, 6.07) is 14.2. The van der Waals surface area contributed by atoms with E-state index in [4.69, 9.17) is 21.1 Å². The zero-order chi connectivity index (χ0) is 20.1. The van der Waals surface area contributed by atoms with Crippen LogP contribution in [0.3, 0.4) is 0 Å². The average molecular weight is 398 g/mol. The summed E-state index contributed by atoms with van der Waals surface area (Å²) in [5, 5.41) is 6.66. The molecule has 6 nitrogen and oxygen atoms in total. The van der Waals surface area contributed by atoms with Gasteiger partial charge in [0.2, 0.25) is 0 Å². The number of anilines is 3. The molecule has 0 fully saturated rings. The molecule has 7 heteroatoms. The quantitative estimate of drug-likeness (QED) is 0.608. The highest BCUT2D eigenvalue weighted by molar-refractivity contribution is 6.31. The normalized spacial score (nSPS) is 10.3. The van der Waals surface area contributed by atoms with Gasteiger partial charge in [0.05, 0.1) is 19.9 Å². The van der Waals surface area contributed by atoms with Gasteiger partial charge in [-0.05, 0) is 48.9 Å². The molecule has 0 bridgehead atoms. The van der Waals surface area contributed by atoms with Gasteiger partial charge in [-0.15, -0.1) is 0 Å². The highest BCUT2D eigenvalue weighted by Crippen LogP contribution is 2.31. The molecule has 28 heavy (non-hydrogen) atoms. The first-order valence-electron chi connectivity index (χ1n) is 8.53. The number of pyridine rings is 1. The molecule has 2 N–H and O–H groups in total. The minimum Gasteiger partial charge on any atom is -0.497 e. The molecule has 1 aromatic heterocycles. The van der Waals surface area contributed by atoms with Gasteiger partial charge in [-0.1, -0.05) is 17.7 Å². The summed E-state index contributed by atoms with van der Waals surface area (Å²) < 4.78 is 10.6. The lowest BCUT2D eigenvalue weighted by Crippen LogP contribution is -2.14. The number of hydrogen-bond donors (Lipinski definition) is 2. The van der Waals surface area contributed by atoms with E-state index in [1.165, 1.54) is 0 Å². The molecule has 144 valence electrons. The molecule has 0 unspecified atom stereocenters. The van der Waals surface area contributed by atoms with Gasteiger partial charge in [-0.2, -0.15) is 0 Å². The zero-order valence-corrected chi connectivity index (χ0v) is 16.5. The highest BCUT2D eigenvalue weighted by atomic mass is 35.5. The summed E-state index contributed by atoms with van der Waals surface area (Å²) in [6.07, 6.45) is 1.57. The molecular weight excluding hydrogens is 378 g/mol. The summed E-state index contributed by atoms with van der Waals surface area (Å²) in [7, 11) is 3.18. The van der Waals surface area contributed by atoms with Crippen LogP contribution in [-0.2, 0) is 0 Å². The van der Waals surface area contributed by atoms with Crippen molar-refractivity contribution in [3.63, 3.8) is 0 Å². The Kier molecular flexibility index (Phi) is 6.01. The van der Waals surface area contributed by atoms with E-state index in [1.54, 1.807) is 56.8 Å². The molecule has 0 aliphatic carbocycles. The molecule has 1 amide bonds. The number of nitrogens with one attached hydrogen (secondary N) is 2. The maximum atomic E-state index is 12.6. The van der Waals surface area contributed by atoms with Crippen LogP contribution in [-0.4, -0.2) is 25.1 Å². The molecule has 2 aromatic carbocycles. The molecule has 0 aliphatic heterocycles. The molecule has 3 aromatic rings. The van der Waals surface area contributed by atoms with Crippen molar-refractivity contribution in [3.8, 4) is 11.5 Å². The second-order valence-corrected chi connectivity index (χ2v) is 6.39. The van der Waals surface area contributed by atoms with Crippen LogP contribution in [0.15, 0.2) is 54.7 Å². The zero-order valence-electron chi connectivity index (χ0n) is 15.7. The predicted molar refractivity (Wildman–Crippen MR) is 111 cm³/mol. The third-order valence-corrected chi connectivity index (χ3v) is 4.61. The van der Waals surface area contributed by atoms with Crippen LogP contribution >= 0.6 is 11.6 Å². The summed E-state index contributed by atoms with van der Waals surface area (Å²) in [5.41, 5.74) is 3.17. The van der Waals surface area contributed by atoms with Gasteiger partial charge in [0, 0.05) is 28.7 Å². The number of benzene rings is 2. The van der Waals surface area contributed by atoms with Crippen molar-refractivity contribution in [2.45, 2.75) is 6.92 Å². The molecule has 3 rings (SSSR count). The Labute approximate surface area is 168 Å². The second kappa shape index (κ2) is 8.63. The first-order chi connectivity index (χ1) is 13.5. The predicted octanol–water partition coefficient (Wildman–Crippen LogP) is 5.06. The third-order valence-electron chi connectivity index (χ3n) is 4.20. The fourth-order valence-corrected chi connectivity index (χ4v) is 2.79. The number of carbonyl (C=O) groups excluding carboxylic acids is 1. The van der Waals surface area contributed by atoms with Crippen molar-refractivity contribution in [2.75, 3.05) is 24.9 Å². The molecule has 0 radical (unpaired) electrons. The van der Waals surface area contributed by atoms with Gasteiger partial charge in [0.1, 0.15) is 17.2 Å². The standard InChI is InChI=1S/C21H20ClN3O3/c1-13-16(22)5-4-6-17(13)25-21(26)19-11-14(9-10-23-19)24-18-8-7-15(27-2)12-20(18)28-3/h4-12H,1-3H3,(H,23,24)(H,25,26). The number of ether oxygens (including phenoxy) is 2. The summed E-state index contributed by atoms with van der Waals surface area (Å²) in [4.78, 5) is 16.8. The first-order valence-corrected chi connectivity index (χ1v) is 8.91. The maximum Gasteiger partial charge on any atom is 0.274 e. The van der Waals surface area contributed by atoms with E-state index in [-0.39, 0.29) is 11.6 Å². The van der Waals surface area contributed by atoms with Gasteiger partial charge in [0.15, 0.2) is 0 Å². The molecule has 0 aliphatic rings. The van der Waals surface area contributed by atoms with E-state index in [0.717, 1.165) is 11.3 Å². The number of rotatable bonds is 6. The molecule has 0 saturated carbocycles. The SMILES string of the molecule is COc1ccc(Nc2ccnc(C(=O)Nc3cccc(Cl)c3C)c2)c(OC)c1. The van der Waals surface area contributed by atoms with Crippen LogP contribution < -0.4 is 20.1 Å². The van der Waals surface area contributed by atoms with Crippen LogP contribution in [0.2, 0.25) is 5.02 Å². The summed E-state index contributed by atoms with van der Waals surface area (Å²) in [5.74, 6) is 0.988. The minimum absolute atomic E-state index is 0.275. The second-order valence-electron chi connectivity index (χ2n) is 5.99. The summed E-state index contributed by atoms with van der Waals surface area (Å²) >= 11 is 6.11. The van der Waals surface area contributed by atoms with Gasteiger partial charge in [-0.3, -0.25) is 9.78 Å². The lowest BCUT2D eigenvalue weighted by atomic mass is 10.2. The maximum absolute atomic E-state index is 12.6. The number of carbonyl (C=O) groups is 1. The summed E-state index contributed by atoms with van der Waals surface area (Å²) in [6.45, 7) is 1.85. The topological polar surface area (TPSA) is 72.5 Å². The fraction of sp³-hybridized carbons (Fsp3) is 0.143. The van der Waals surface area contributed by atoms with Crippen LogP contribution in [0, 0.1) is 6.92 Å². The molecule has 0 atom stereocenters. The fourth-order valence-electron chi connectivity index (χ4n) is 2.62. The smallest absolute Gasteiger partial charge is 0.274 e. The van der Waals surface area contributed by atoms with Gasteiger partial charge in [0.25, 0.3) is 5.91 Å². The Morgan fingerprint density at radius 1 is 1.04 bits per heavy atom. The lowest BCUT2D eigenvalue weighted by molar-refractivity contribution is 0.102. The van der Waals surface area contributed by atoms with Crippen LogP contribution in [0.1, 0.15) is 16.1 Å². The van der Waals surface area contributed by atoms with Crippen molar-refractivity contribution in [2.24, 2.45) is 0 Å².